The Hall–Kier alpha value is -0.720. The molecule has 82 valence electrons. The van der Waals surface area contributed by atoms with Gasteiger partial charge in [-0.25, -0.2) is 0 Å². The predicted molar refractivity (Wildman–Crippen MR) is 47.5 cm³/mol. The second-order valence-corrected chi connectivity index (χ2v) is 3.00. The minimum Gasteiger partial charge on any atom is -0.251 e. The summed E-state index contributed by atoms with van der Waals surface area (Å²) in [6.45, 7) is -0.320. The van der Waals surface area contributed by atoms with Crippen LogP contribution in [0.15, 0.2) is 0 Å². The standard InChI is InChI=1S/C10H14F4/c11-9-7-5-3-1-2-4-6-8-10(12,13)14/h1-3,5,7-9H2. The Morgan fingerprint density at radius 2 is 1.50 bits per heavy atom. The molecule has 0 radical (unpaired) electrons. The molecule has 0 aromatic carbocycles. The van der Waals surface area contributed by atoms with Gasteiger partial charge in [0.05, 0.1) is 6.67 Å². The van der Waals surface area contributed by atoms with E-state index >= 15 is 0 Å². The van der Waals surface area contributed by atoms with Crippen LogP contribution in [0.1, 0.15) is 38.5 Å². The quantitative estimate of drug-likeness (QED) is 0.367. The molecule has 14 heavy (non-hydrogen) atoms. The highest BCUT2D eigenvalue weighted by Crippen LogP contribution is 2.18. The second-order valence-electron chi connectivity index (χ2n) is 3.00. The Bertz CT molecular complexity index is 185. The SMILES string of the molecule is FCCCCCCC#CCC(F)(F)F. The maximum Gasteiger partial charge on any atom is 0.399 e. The third kappa shape index (κ3) is 11.3. The zero-order valence-electron chi connectivity index (χ0n) is 7.96. The van der Waals surface area contributed by atoms with E-state index in [2.05, 4.69) is 11.8 Å². The van der Waals surface area contributed by atoms with E-state index in [0.29, 0.717) is 12.8 Å². The fourth-order valence-electron chi connectivity index (χ4n) is 0.913. The van der Waals surface area contributed by atoms with Crippen molar-refractivity contribution in [1.82, 2.24) is 0 Å². The lowest BCUT2D eigenvalue weighted by Gasteiger charge is -1.97. The molecular formula is C10H14F4. The molecule has 0 nitrogen and oxygen atoms in total. The van der Waals surface area contributed by atoms with Gasteiger partial charge in [0.25, 0.3) is 0 Å². The van der Waals surface area contributed by atoms with E-state index in [1.165, 1.54) is 0 Å². The fourth-order valence-corrected chi connectivity index (χ4v) is 0.913. The molecule has 0 aromatic heterocycles. The Labute approximate surface area is 81.7 Å². The summed E-state index contributed by atoms with van der Waals surface area (Å²) in [6, 6.07) is 0. The van der Waals surface area contributed by atoms with Crippen molar-refractivity contribution in [3.63, 3.8) is 0 Å². The van der Waals surface area contributed by atoms with Crippen LogP contribution in [0.2, 0.25) is 0 Å². The number of alkyl halides is 4. The molecule has 0 aliphatic rings. The van der Waals surface area contributed by atoms with E-state index < -0.39 is 12.6 Å². The normalized spacial score (nSPS) is 10.9. The minimum absolute atomic E-state index is 0.320. The molecule has 0 saturated heterocycles. The average Bonchev–Trinajstić information content (AvgIpc) is 2.08. The Kier molecular flexibility index (Phi) is 7.27. The highest BCUT2D eigenvalue weighted by atomic mass is 19.4. The van der Waals surface area contributed by atoms with Gasteiger partial charge in [-0.2, -0.15) is 13.2 Å². The summed E-state index contributed by atoms with van der Waals surface area (Å²) in [5.41, 5.74) is 0. The molecule has 0 aromatic rings. The molecule has 0 aliphatic heterocycles. The van der Waals surface area contributed by atoms with E-state index in [4.69, 9.17) is 0 Å². The summed E-state index contributed by atoms with van der Waals surface area (Å²) in [5, 5.41) is 0. The van der Waals surface area contributed by atoms with Gasteiger partial charge in [0.1, 0.15) is 6.42 Å². The van der Waals surface area contributed by atoms with Gasteiger partial charge in [0.15, 0.2) is 0 Å². The van der Waals surface area contributed by atoms with E-state index in [1.807, 2.05) is 0 Å². The van der Waals surface area contributed by atoms with Crippen LogP contribution in [0.5, 0.6) is 0 Å². The van der Waals surface area contributed by atoms with Crippen molar-refractivity contribution < 1.29 is 17.6 Å². The summed E-state index contributed by atoms with van der Waals surface area (Å²) >= 11 is 0. The molecule has 0 amide bonds. The van der Waals surface area contributed by atoms with Crippen LogP contribution in [0, 0.1) is 11.8 Å². The van der Waals surface area contributed by atoms with E-state index in [0.717, 1.165) is 19.3 Å². The lowest BCUT2D eigenvalue weighted by molar-refractivity contribution is -0.123. The first-order valence-electron chi connectivity index (χ1n) is 4.64. The van der Waals surface area contributed by atoms with E-state index in [1.54, 1.807) is 0 Å². The van der Waals surface area contributed by atoms with Gasteiger partial charge in [0, 0.05) is 6.42 Å². The highest BCUT2D eigenvalue weighted by molar-refractivity contribution is 5.00. The van der Waals surface area contributed by atoms with Crippen LogP contribution in [-0.4, -0.2) is 12.9 Å². The van der Waals surface area contributed by atoms with Crippen LogP contribution >= 0.6 is 0 Å². The first kappa shape index (κ1) is 13.3. The third-order valence-corrected chi connectivity index (χ3v) is 1.60. The number of hydrogen-bond donors (Lipinski definition) is 0. The largest absolute Gasteiger partial charge is 0.399 e. The first-order valence-corrected chi connectivity index (χ1v) is 4.64. The molecule has 0 fully saturated rings. The van der Waals surface area contributed by atoms with Crippen molar-refractivity contribution in [2.45, 2.75) is 44.7 Å². The van der Waals surface area contributed by atoms with Crippen molar-refractivity contribution in [1.29, 1.82) is 0 Å². The summed E-state index contributed by atoms with van der Waals surface area (Å²) in [5.74, 6) is 4.52. The van der Waals surface area contributed by atoms with Crippen LogP contribution in [0.4, 0.5) is 17.6 Å². The summed E-state index contributed by atoms with van der Waals surface area (Å²) in [4.78, 5) is 0. The van der Waals surface area contributed by atoms with Crippen LogP contribution in [-0.2, 0) is 0 Å². The molecular weight excluding hydrogens is 196 g/mol. The van der Waals surface area contributed by atoms with Gasteiger partial charge in [-0.15, -0.1) is 5.92 Å². The van der Waals surface area contributed by atoms with E-state index in [-0.39, 0.29) is 6.67 Å². The van der Waals surface area contributed by atoms with Gasteiger partial charge < -0.3 is 0 Å². The molecule has 0 N–H and O–H groups in total. The molecule has 0 atom stereocenters. The number of unbranched alkanes of at least 4 members (excludes halogenated alkanes) is 4. The molecule has 0 rings (SSSR count). The zero-order valence-corrected chi connectivity index (χ0v) is 7.96. The number of halogens is 4. The van der Waals surface area contributed by atoms with E-state index in [9.17, 15) is 17.6 Å². The number of rotatable bonds is 5. The smallest absolute Gasteiger partial charge is 0.251 e. The van der Waals surface area contributed by atoms with Crippen LogP contribution in [0.3, 0.4) is 0 Å². The Balaban J connectivity index is 3.27. The predicted octanol–water partition coefficient (Wildman–Crippen LogP) is 3.86. The summed E-state index contributed by atoms with van der Waals surface area (Å²) < 4.78 is 46.4. The van der Waals surface area contributed by atoms with Crippen molar-refractivity contribution >= 4 is 0 Å². The van der Waals surface area contributed by atoms with Gasteiger partial charge in [-0.05, 0) is 12.8 Å². The molecule has 0 heterocycles. The van der Waals surface area contributed by atoms with Gasteiger partial charge in [-0.1, -0.05) is 18.8 Å². The molecule has 0 aliphatic carbocycles. The molecule has 4 heteroatoms. The van der Waals surface area contributed by atoms with Crippen molar-refractivity contribution in [3.05, 3.63) is 0 Å². The summed E-state index contributed by atoms with van der Waals surface area (Å²) in [6.07, 6.45) is -1.82. The molecule has 0 spiro atoms. The van der Waals surface area contributed by atoms with Crippen molar-refractivity contribution in [3.8, 4) is 11.8 Å². The molecule has 0 bridgehead atoms. The second kappa shape index (κ2) is 7.66. The maximum atomic E-state index is 11.6. The summed E-state index contributed by atoms with van der Waals surface area (Å²) in [7, 11) is 0. The first-order chi connectivity index (χ1) is 6.56. The molecule has 0 saturated carbocycles. The highest BCUT2D eigenvalue weighted by Gasteiger charge is 2.24. The zero-order chi connectivity index (χ0) is 10.9. The fraction of sp³-hybridized carbons (Fsp3) is 0.800. The Morgan fingerprint density at radius 3 is 2.07 bits per heavy atom. The molecule has 0 unspecified atom stereocenters. The minimum atomic E-state index is -4.18. The lowest BCUT2D eigenvalue weighted by atomic mass is 10.1. The topological polar surface area (TPSA) is 0 Å². The van der Waals surface area contributed by atoms with Crippen molar-refractivity contribution in [2.24, 2.45) is 0 Å². The van der Waals surface area contributed by atoms with Gasteiger partial charge in [0.2, 0.25) is 0 Å². The monoisotopic (exact) mass is 210 g/mol. The Morgan fingerprint density at radius 1 is 0.857 bits per heavy atom. The average molecular weight is 210 g/mol. The lowest BCUT2D eigenvalue weighted by Crippen LogP contribution is -2.04. The van der Waals surface area contributed by atoms with Crippen LogP contribution in [0.25, 0.3) is 0 Å². The van der Waals surface area contributed by atoms with Gasteiger partial charge >= 0.3 is 6.18 Å². The van der Waals surface area contributed by atoms with Gasteiger partial charge in [-0.3, -0.25) is 4.39 Å². The third-order valence-electron chi connectivity index (χ3n) is 1.60. The number of hydrogen-bond acceptors (Lipinski definition) is 0. The van der Waals surface area contributed by atoms with Crippen LogP contribution < -0.4 is 0 Å². The van der Waals surface area contributed by atoms with Crippen molar-refractivity contribution in [2.75, 3.05) is 6.67 Å². The maximum absolute atomic E-state index is 11.6.